The van der Waals surface area contributed by atoms with Crippen LogP contribution in [-0.4, -0.2) is 0 Å². The van der Waals surface area contributed by atoms with Gasteiger partial charge in [-0.1, -0.05) is 46.6 Å². The molecule has 0 amide bonds. The number of allylic oxidation sites excluding steroid dienone is 1. The molecule has 0 fully saturated rings. The zero-order valence-electron chi connectivity index (χ0n) is 9.14. The topological polar surface area (TPSA) is 0 Å². The quantitative estimate of drug-likeness (QED) is 0.519. The van der Waals surface area contributed by atoms with Crippen molar-refractivity contribution in [2.75, 3.05) is 0 Å². The van der Waals surface area contributed by atoms with E-state index in [1.54, 1.807) is 0 Å². The van der Waals surface area contributed by atoms with Gasteiger partial charge in [-0.3, -0.25) is 0 Å². The van der Waals surface area contributed by atoms with E-state index >= 15 is 0 Å². The zero-order chi connectivity index (χ0) is 9.56. The lowest BCUT2D eigenvalue weighted by atomic mass is 9.82. The van der Waals surface area contributed by atoms with Crippen LogP contribution in [0.15, 0.2) is 12.7 Å². The first-order valence-electron chi connectivity index (χ1n) is 5.26. The van der Waals surface area contributed by atoms with Crippen LogP contribution in [0.4, 0.5) is 0 Å². The molecule has 0 radical (unpaired) electrons. The number of hydrogen-bond donors (Lipinski definition) is 0. The van der Waals surface area contributed by atoms with Gasteiger partial charge in [-0.05, 0) is 24.2 Å². The Hall–Kier alpha value is -0.260. The summed E-state index contributed by atoms with van der Waals surface area (Å²) >= 11 is 0. The van der Waals surface area contributed by atoms with Crippen LogP contribution in [0.2, 0.25) is 0 Å². The fraction of sp³-hybridized carbons (Fsp3) is 0.833. The largest absolute Gasteiger partial charge is 0.103 e. The van der Waals surface area contributed by atoms with E-state index in [1.165, 1.54) is 19.3 Å². The minimum Gasteiger partial charge on any atom is -0.103 e. The maximum atomic E-state index is 3.92. The van der Waals surface area contributed by atoms with E-state index in [1.807, 2.05) is 0 Å². The first-order valence-corrected chi connectivity index (χ1v) is 5.26. The zero-order valence-corrected chi connectivity index (χ0v) is 9.14. The van der Waals surface area contributed by atoms with Gasteiger partial charge in [-0.15, -0.1) is 6.58 Å². The Morgan fingerprint density at radius 2 is 1.83 bits per heavy atom. The van der Waals surface area contributed by atoms with Crippen LogP contribution < -0.4 is 0 Å². The number of hydrogen-bond acceptors (Lipinski definition) is 0. The second kappa shape index (κ2) is 6.28. The van der Waals surface area contributed by atoms with Gasteiger partial charge in [0.25, 0.3) is 0 Å². The number of rotatable bonds is 6. The lowest BCUT2D eigenvalue weighted by Crippen LogP contribution is -2.14. The predicted octanol–water partition coefficient (Wildman–Crippen LogP) is 4.27. The van der Waals surface area contributed by atoms with Crippen molar-refractivity contribution in [3.05, 3.63) is 12.7 Å². The molecule has 0 heteroatoms. The molecular weight excluding hydrogens is 144 g/mol. The number of unbranched alkanes of at least 4 members (excludes halogenated alkanes) is 1. The van der Waals surface area contributed by atoms with Crippen molar-refractivity contribution < 1.29 is 0 Å². The Kier molecular flexibility index (Phi) is 6.14. The summed E-state index contributed by atoms with van der Waals surface area (Å²) < 4.78 is 0. The molecule has 2 atom stereocenters. The molecular formula is C12H24. The summed E-state index contributed by atoms with van der Waals surface area (Å²) in [6.07, 6.45) is 6.10. The molecule has 72 valence electrons. The third-order valence-electron chi connectivity index (χ3n) is 2.92. The maximum Gasteiger partial charge on any atom is -0.0208 e. The second-order valence-electron chi connectivity index (χ2n) is 4.14. The van der Waals surface area contributed by atoms with Crippen molar-refractivity contribution in [3.63, 3.8) is 0 Å². The van der Waals surface area contributed by atoms with Gasteiger partial charge in [0.05, 0.1) is 0 Å². The van der Waals surface area contributed by atoms with E-state index in [-0.39, 0.29) is 0 Å². The van der Waals surface area contributed by atoms with Crippen molar-refractivity contribution in [1.29, 1.82) is 0 Å². The fourth-order valence-corrected chi connectivity index (χ4v) is 1.53. The van der Waals surface area contributed by atoms with Gasteiger partial charge in [0.15, 0.2) is 0 Å². The summed E-state index contributed by atoms with van der Waals surface area (Å²) in [4.78, 5) is 0. The Morgan fingerprint density at radius 1 is 1.25 bits per heavy atom. The molecule has 0 saturated heterocycles. The van der Waals surface area contributed by atoms with Crippen molar-refractivity contribution in [2.45, 2.75) is 47.0 Å². The van der Waals surface area contributed by atoms with Gasteiger partial charge in [0.2, 0.25) is 0 Å². The molecule has 0 heterocycles. The highest BCUT2D eigenvalue weighted by Crippen LogP contribution is 2.25. The van der Waals surface area contributed by atoms with Crippen LogP contribution in [0.3, 0.4) is 0 Å². The van der Waals surface area contributed by atoms with Gasteiger partial charge in [-0.25, -0.2) is 0 Å². The fourth-order valence-electron chi connectivity index (χ4n) is 1.53. The summed E-state index contributed by atoms with van der Waals surface area (Å²) in [6.45, 7) is 13.1. The molecule has 0 aromatic carbocycles. The van der Waals surface area contributed by atoms with Gasteiger partial charge < -0.3 is 0 Å². The highest BCUT2D eigenvalue weighted by atomic mass is 14.2. The van der Waals surface area contributed by atoms with Gasteiger partial charge in [-0.2, -0.15) is 0 Å². The standard InChI is InChI=1S/C12H24/c1-6-8-9-12(7-2)11(5)10(3)4/h7,10-12H,2,6,8-9H2,1,3-5H3. The van der Waals surface area contributed by atoms with E-state index in [2.05, 4.69) is 40.3 Å². The Balaban J connectivity index is 3.87. The molecule has 0 spiro atoms. The smallest absolute Gasteiger partial charge is 0.0208 e. The average Bonchev–Trinajstić information content (AvgIpc) is 2.05. The molecule has 0 aliphatic heterocycles. The summed E-state index contributed by atoms with van der Waals surface area (Å²) in [5.41, 5.74) is 0. The molecule has 2 unspecified atom stereocenters. The molecule has 0 aliphatic rings. The molecule has 0 bridgehead atoms. The summed E-state index contributed by atoms with van der Waals surface area (Å²) in [5.74, 6) is 2.30. The molecule has 0 saturated carbocycles. The van der Waals surface area contributed by atoms with Crippen LogP contribution in [0, 0.1) is 17.8 Å². The van der Waals surface area contributed by atoms with Crippen LogP contribution in [-0.2, 0) is 0 Å². The van der Waals surface area contributed by atoms with E-state index in [9.17, 15) is 0 Å². The molecule has 0 rings (SSSR count). The molecule has 0 aliphatic carbocycles. The van der Waals surface area contributed by atoms with E-state index in [0.29, 0.717) is 0 Å². The lowest BCUT2D eigenvalue weighted by Gasteiger charge is -2.23. The van der Waals surface area contributed by atoms with Crippen LogP contribution in [0.25, 0.3) is 0 Å². The van der Waals surface area contributed by atoms with Gasteiger partial charge in [0, 0.05) is 0 Å². The highest BCUT2D eigenvalue weighted by molar-refractivity contribution is 4.83. The SMILES string of the molecule is C=CC(CCCC)C(C)C(C)C. The summed E-state index contributed by atoms with van der Waals surface area (Å²) in [7, 11) is 0. The predicted molar refractivity (Wildman–Crippen MR) is 57.2 cm³/mol. The molecule has 12 heavy (non-hydrogen) atoms. The Labute approximate surface area is 78.1 Å². The monoisotopic (exact) mass is 168 g/mol. The molecule has 0 nitrogen and oxygen atoms in total. The van der Waals surface area contributed by atoms with Crippen LogP contribution in [0.1, 0.15) is 47.0 Å². The van der Waals surface area contributed by atoms with E-state index in [4.69, 9.17) is 0 Å². The maximum absolute atomic E-state index is 3.92. The van der Waals surface area contributed by atoms with Crippen LogP contribution >= 0.6 is 0 Å². The summed E-state index contributed by atoms with van der Waals surface area (Å²) in [6, 6.07) is 0. The average molecular weight is 168 g/mol. The first kappa shape index (κ1) is 11.7. The highest BCUT2D eigenvalue weighted by Gasteiger charge is 2.16. The van der Waals surface area contributed by atoms with Gasteiger partial charge >= 0.3 is 0 Å². The van der Waals surface area contributed by atoms with Crippen LogP contribution in [0.5, 0.6) is 0 Å². The lowest BCUT2D eigenvalue weighted by molar-refractivity contribution is 0.305. The summed E-state index contributed by atoms with van der Waals surface area (Å²) in [5, 5.41) is 0. The van der Waals surface area contributed by atoms with E-state index < -0.39 is 0 Å². The van der Waals surface area contributed by atoms with Crippen molar-refractivity contribution in [3.8, 4) is 0 Å². The van der Waals surface area contributed by atoms with Crippen molar-refractivity contribution >= 4 is 0 Å². The van der Waals surface area contributed by atoms with Crippen molar-refractivity contribution in [1.82, 2.24) is 0 Å². The molecule has 0 aromatic rings. The second-order valence-corrected chi connectivity index (χ2v) is 4.14. The Morgan fingerprint density at radius 3 is 2.17 bits per heavy atom. The van der Waals surface area contributed by atoms with Crippen molar-refractivity contribution in [2.24, 2.45) is 17.8 Å². The van der Waals surface area contributed by atoms with E-state index in [0.717, 1.165) is 17.8 Å². The Bertz CT molecular complexity index is 113. The normalized spacial score (nSPS) is 16.1. The third kappa shape index (κ3) is 3.94. The minimum absolute atomic E-state index is 0.727. The third-order valence-corrected chi connectivity index (χ3v) is 2.92. The van der Waals surface area contributed by atoms with Gasteiger partial charge in [0.1, 0.15) is 0 Å². The molecule has 0 aromatic heterocycles. The molecule has 0 N–H and O–H groups in total. The minimum atomic E-state index is 0.727. The first-order chi connectivity index (χ1) is 5.63.